The number of esters is 3. The molecule has 1 unspecified atom stereocenters. The normalized spacial score (nSPS) is 12.3. The van der Waals surface area contributed by atoms with Crippen molar-refractivity contribution < 1.29 is 28.6 Å². The van der Waals surface area contributed by atoms with E-state index < -0.39 is 6.10 Å². The van der Waals surface area contributed by atoms with E-state index >= 15 is 0 Å². The summed E-state index contributed by atoms with van der Waals surface area (Å²) in [5.74, 6) is -0.869. The number of carbonyl (C=O) groups is 3. The predicted octanol–water partition coefficient (Wildman–Crippen LogP) is 24.9. The predicted molar refractivity (Wildman–Crippen MR) is 353 cm³/mol. The molecule has 81 heavy (non-hydrogen) atoms. The lowest BCUT2D eigenvalue weighted by molar-refractivity contribution is -0.167. The lowest BCUT2D eigenvalue weighted by Gasteiger charge is -2.18. The van der Waals surface area contributed by atoms with Crippen molar-refractivity contribution in [2.24, 2.45) is 0 Å². The van der Waals surface area contributed by atoms with Crippen molar-refractivity contribution in [3.63, 3.8) is 0 Å². The molecule has 0 aromatic carbocycles. The van der Waals surface area contributed by atoms with E-state index in [0.29, 0.717) is 19.3 Å². The molecule has 0 N–H and O–H groups in total. The van der Waals surface area contributed by atoms with Crippen molar-refractivity contribution in [3.05, 3.63) is 48.6 Å². The van der Waals surface area contributed by atoms with Crippen LogP contribution >= 0.6 is 0 Å². The zero-order valence-corrected chi connectivity index (χ0v) is 54.6. The molecule has 6 heteroatoms. The number of carbonyl (C=O) groups excluding carboxylic acids is 3. The first-order chi connectivity index (χ1) is 40.0. The van der Waals surface area contributed by atoms with Crippen LogP contribution in [0.1, 0.15) is 393 Å². The van der Waals surface area contributed by atoms with Gasteiger partial charge in [0, 0.05) is 19.3 Å². The molecule has 0 aliphatic rings. The molecule has 474 valence electrons. The van der Waals surface area contributed by atoms with Crippen LogP contribution in [0.25, 0.3) is 0 Å². The third kappa shape index (κ3) is 68.0. The van der Waals surface area contributed by atoms with Gasteiger partial charge in [-0.2, -0.15) is 0 Å². The Morgan fingerprint density at radius 3 is 0.765 bits per heavy atom. The molecule has 0 radical (unpaired) electrons. The van der Waals surface area contributed by atoms with E-state index in [4.69, 9.17) is 14.2 Å². The second kappa shape index (κ2) is 69.9. The van der Waals surface area contributed by atoms with Crippen LogP contribution in [-0.4, -0.2) is 37.2 Å². The standard InChI is InChI=1S/C75H138O6/c1-4-7-10-13-16-19-22-25-28-31-32-33-34-35-36-37-38-39-40-41-42-43-45-47-50-53-56-59-62-65-68-74(77)80-71-72(70-79-73(76)67-64-61-58-55-52-49-46-30-27-24-21-18-15-12-9-6-3)81-75(78)69-66-63-60-57-54-51-48-44-29-26-23-20-17-14-11-8-5-2/h8,11,17,20,26,29-30,46,72H,4-7,9-10,12-16,18-19,21-25,27-28,31-45,47-71H2,1-3H3/b11-8-,20-17-,29-26-,46-30-. The Morgan fingerprint density at radius 2 is 0.481 bits per heavy atom. The van der Waals surface area contributed by atoms with Crippen molar-refractivity contribution in [1.29, 1.82) is 0 Å². The van der Waals surface area contributed by atoms with Crippen molar-refractivity contribution in [2.75, 3.05) is 13.2 Å². The summed E-state index contributed by atoms with van der Waals surface area (Å²) in [4.78, 5) is 38.4. The fraction of sp³-hybridized carbons (Fsp3) is 0.853. The molecule has 0 saturated heterocycles. The molecule has 0 aliphatic heterocycles. The minimum Gasteiger partial charge on any atom is -0.462 e. The smallest absolute Gasteiger partial charge is 0.306 e. The topological polar surface area (TPSA) is 78.9 Å². The van der Waals surface area contributed by atoms with Gasteiger partial charge in [0.1, 0.15) is 13.2 Å². The maximum atomic E-state index is 12.9. The van der Waals surface area contributed by atoms with Gasteiger partial charge in [0.25, 0.3) is 0 Å². The number of allylic oxidation sites excluding steroid dienone is 8. The van der Waals surface area contributed by atoms with Crippen LogP contribution in [0.2, 0.25) is 0 Å². The third-order valence-corrected chi connectivity index (χ3v) is 16.3. The van der Waals surface area contributed by atoms with Gasteiger partial charge in [-0.1, -0.05) is 345 Å². The first kappa shape index (κ1) is 78.4. The van der Waals surface area contributed by atoms with Crippen LogP contribution in [0, 0.1) is 0 Å². The molecule has 6 nitrogen and oxygen atoms in total. The van der Waals surface area contributed by atoms with Gasteiger partial charge in [-0.05, 0) is 77.0 Å². The summed E-state index contributed by atoms with van der Waals surface area (Å²) >= 11 is 0. The Balaban J connectivity index is 4.20. The molecule has 0 bridgehead atoms. The summed E-state index contributed by atoms with van der Waals surface area (Å²) in [7, 11) is 0. The van der Waals surface area contributed by atoms with Gasteiger partial charge in [0.15, 0.2) is 6.10 Å². The lowest BCUT2D eigenvalue weighted by atomic mass is 10.0. The fourth-order valence-electron chi connectivity index (χ4n) is 10.9. The number of hydrogen-bond donors (Lipinski definition) is 0. The highest BCUT2D eigenvalue weighted by molar-refractivity contribution is 5.71. The van der Waals surface area contributed by atoms with Crippen LogP contribution in [0.3, 0.4) is 0 Å². The van der Waals surface area contributed by atoms with Gasteiger partial charge >= 0.3 is 17.9 Å². The van der Waals surface area contributed by atoms with Crippen LogP contribution in [0.15, 0.2) is 48.6 Å². The molecule has 0 amide bonds. The summed E-state index contributed by atoms with van der Waals surface area (Å²) in [5.41, 5.74) is 0. The Labute approximate surface area is 505 Å². The molecule has 0 aromatic rings. The summed E-state index contributed by atoms with van der Waals surface area (Å²) in [5, 5.41) is 0. The molecular formula is C75H138O6. The Morgan fingerprint density at radius 1 is 0.259 bits per heavy atom. The van der Waals surface area contributed by atoms with Gasteiger partial charge in [-0.25, -0.2) is 0 Å². The fourth-order valence-corrected chi connectivity index (χ4v) is 10.9. The first-order valence-corrected chi connectivity index (χ1v) is 36.1. The van der Waals surface area contributed by atoms with E-state index in [0.717, 1.165) is 89.9 Å². The van der Waals surface area contributed by atoms with Gasteiger partial charge < -0.3 is 14.2 Å². The van der Waals surface area contributed by atoms with Gasteiger partial charge in [0.2, 0.25) is 0 Å². The quantitative estimate of drug-likeness (QED) is 0.0261. The number of unbranched alkanes of at least 4 members (excludes halogenated alkanes) is 48. The summed E-state index contributed by atoms with van der Waals surface area (Å²) < 4.78 is 17.0. The van der Waals surface area contributed by atoms with Crippen LogP contribution in [-0.2, 0) is 28.6 Å². The van der Waals surface area contributed by atoms with Crippen LogP contribution in [0.5, 0.6) is 0 Å². The Bertz CT molecular complexity index is 1400. The molecule has 0 aliphatic carbocycles. The van der Waals surface area contributed by atoms with Gasteiger partial charge in [0.05, 0.1) is 0 Å². The van der Waals surface area contributed by atoms with Crippen LogP contribution < -0.4 is 0 Å². The molecule has 0 aromatic heterocycles. The van der Waals surface area contributed by atoms with Gasteiger partial charge in [-0.3, -0.25) is 14.4 Å². The minimum absolute atomic E-state index is 0.0759. The number of ether oxygens (including phenoxy) is 3. The van der Waals surface area contributed by atoms with E-state index in [1.54, 1.807) is 0 Å². The highest BCUT2D eigenvalue weighted by atomic mass is 16.6. The second-order valence-corrected chi connectivity index (χ2v) is 24.5. The average Bonchev–Trinajstić information content (AvgIpc) is 3.47. The molecule has 0 saturated carbocycles. The SMILES string of the molecule is CC/C=C\C/C=C\C/C=C\CCCCCCCCCC(=O)OC(COC(=O)CCCCCCC/C=C\CCCCCCCCC)COC(=O)CCCCCCCCCCCCCCCCCCCCCCCCCCCCCCCC. The number of hydrogen-bond acceptors (Lipinski definition) is 6. The third-order valence-electron chi connectivity index (χ3n) is 16.3. The van der Waals surface area contributed by atoms with Crippen molar-refractivity contribution in [3.8, 4) is 0 Å². The van der Waals surface area contributed by atoms with Crippen molar-refractivity contribution in [1.82, 2.24) is 0 Å². The van der Waals surface area contributed by atoms with Crippen molar-refractivity contribution in [2.45, 2.75) is 399 Å². The van der Waals surface area contributed by atoms with E-state index in [9.17, 15) is 14.4 Å². The highest BCUT2D eigenvalue weighted by Gasteiger charge is 2.19. The lowest BCUT2D eigenvalue weighted by Crippen LogP contribution is -2.30. The molecular weight excluding hydrogens is 997 g/mol. The van der Waals surface area contributed by atoms with E-state index in [1.165, 1.54) is 263 Å². The zero-order valence-electron chi connectivity index (χ0n) is 54.6. The summed E-state index contributed by atoms with van der Waals surface area (Å²) in [6, 6.07) is 0. The Kier molecular flexibility index (Phi) is 67.6. The minimum atomic E-state index is -0.782. The van der Waals surface area contributed by atoms with E-state index in [-0.39, 0.29) is 31.1 Å². The molecule has 0 heterocycles. The summed E-state index contributed by atoms with van der Waals surface area (Å²) in [6.45, 7) is 6.58. The highest BCUT2D eigenvalue weighted by Crippen LogP contribution is 2.19. The number of rotatable bonds is 67. The largest absolute Gasteiger partial charge is 0.462 e. The molecule has 0 spiro atoms. The van der Waals surface area contributed by atoms with Gasteiger partial charge in [-0.15, -0.1) is 0 Å². The molecule has 0 fully saturated rings. The second-order valence-electron chi connectivity index (χ2n) is 24.5. The maximum Gasteiger partial charge on any atom is 0.306 e. The monoisotopic (exact) mass is 1140 g/mol. The van der Waals surface area contributed by atoms with E-state index in [1.807, 2.05) is 0 Å². The van der Waals surface area contributed by atoms with E-state index in [2.05, 4.69) is 69.4 Å². The molecule has 0 rings (SSSR count). The summed E-state index contributed by atoms with van der Waals surface area (Å²) in [6.07, 6.45) is 88.7. The average molecular weight is 1140 g/mol. The Hall–Kier alpha value is -2.63. The zero-order chi connectivity index (χ0) is 58.5. The first-order valence-electron chi connectivity index (χ1n) is 36.1. The molecule has 1 atom stereocenters. The maximum absolute atomic E-state index is 12.9. The van der Waals surface area contributed by atoms with Crippen LogP contribution in [0.4, 0.5) is 0 Å². The van der Waals surface area contributed by atoms with Crippen molar-refractivity contribution >= 4 is 17.9 Å².